The second-order valence-electron chi connectivity index (χ2n) is 6.96. The Kier molecular flexibility index (Phi) is 6.49. The van der Waals surface area contributed by atoms with Gasteiger partial charge in [0.1, 0.15) is 6.73 Å². The Bertz CT molecular complexity index is 774. The molecule has 0 radical (unpaired) electrons. The summed E-state index contributed by atoms with van der Waals surface area (Å²) in [6, 6.07) is 3.91. The average Bonchev–Trinajstić information content (AvgIpc) is 3.01. The van der Waals surface area contributed by atoms with Crippen molar-refractivity contribution in [1.29, 1.82) is 0 Å². The largest absolute Gasteiger partial charge is 0.481 e. The minimum atomic E-state index is -1.23. The minimum Gasteiger partial charge on any atom is -0.481 e. The molecule has 0 saturated carbocycles. The summed E-state index contributed by atoms with van der Waals surface area (Å²) < 4.78 is 31.2. The Morgan fingerprint density at radius 1 is 1.27 bits per heavy atom. The van der Waals surface area contributed by atoms with Crippen molar-refractivity contribution in [1.82, 2.24) is 14.8 Å². The predicted molar refractivity (Wildman–Crippen MR) is 97.4 cm³/mol. The highest BCUT2D eigenvalue weighted by atomic mass is 28.3. The van der Waals surface area contributed by atoms with E-state index in [4.69, 9.17) is 14.2 Å². The minimum absolute atomic E-state index is 0.0754. The lowest BCUT2D eigenvalue weighted by Gasteiger charge is -2.16. The van der Waals surface area contributed by atoms with Crippen LogP contribution >= 0.6 is 0 Å². The van der Waals surface area contributed by atoms with Crippen LogP contribution in [0.5, 0.6) is 5.88 Å². The van der Waals surface area contributed by atoms with Gasteiger partial charge in [-0.3, -0.25) is 0 Å². The van der Waals surface area contributed by atoms with E-state index in [1.54, 1.807) is 0 Å². The third-order valence-electron chi connectivity index (χ3n) is 3.70. The lowest BCUT2D eigenvalue weighted by Crippen LogP contribution is -2.22. The Labute approximate surface area is 153 Å². The van der Waals surface area contributed by atoms with E-state index in [0.717, 1.165) is 12.2 Å². The van der Waals surface area contributed by atoms with Gasteiger partial charge in [0.05, 0.1) is 26.1 Å². The first kappa shape index (κ1) is 20.1. The predicted octanol–water partition coefficient (Wildman–Crippen LogP) is 3.19. The molecule has 0 amide bonds. The molecule has 0 aromatic carbocycles. The highest BCUT2D eigenvalue weighted by Crippen LogP contribution is 2.27. The summed E-state index contributed by atoms with van der Waals surface area (Å²) in [6.45, 7) is 7.43. The lowest BCUT2D eigenvalue weighted by molar-refractivity contribution is 0.0583. The molecule has 0 aliphatic rings. The van der Waals surface area contributed by atoms with Gasteiger partial charge >= 0.3 is 5.97 Å². The van der Waals surface area contributed by atoms with Crippen LogP contribution in [0.4, 0.5) is 4.39 Å². The van der Waals surface area contributed by atoms with E-state index in [1.165, 1.54) is 31.0 Å². The van der Waals surface area contributed by atoms with Gasteiger partial charge in [-0.2, -0.15) is 5.10 Å². The number of carbonyl (C=O) groups is 1. The van der Waals surface area contributed by atoms with E-state index in [1.807, 2.05) is 0 Å². The number of halogens is 1. The van der Waals surface area contributed by atoms with Crippen molar-refractivity contribution in [2.24, 2.45) is 0 Å². The van der Waals surface area contributed by atoms with Gasteiger partial charge in [0, 0.05) is 26.3 Å². The maximum absolute atomic E-state index is 14.3. The van der Waals surface area contributed by atoms with Crippen molar-refractivity contribution < 1.29 is 23.4 Å². The fourth-order valence-corrected chi connectivity index (χ4v) is 2.95. The molecule has 2 aromatic heterocycles. The summed E-state index contributed by atoms with van der Waals surface area (Å²) in [5.41, 5.74) is 0.677. The third-order valence-corrected chi connectivity index (χ3v) is 5.40. The summed E-state index contributed by atoms with van der Waals surface area (Å²) in [5, 5.41) is 4.19. The van der Waals surface area contributed by atoms with E-state index in [0.29, 0.717) is 12.3 Å². The summed E-state index contributed by atoms with van der Waals surface area (Å²) in [7, 11) is 1.48. The Hall–Kier alpha value is -2.26. The summed E-state index contributed by atoms with van der Waals surface area (Å²) in [5.74, 6) is -0.896. The molecule has 142 valence electrons. The zero-order chi connectivity index (χ0) is 19.3. The summed E-state index contributed by atoms with van der Waals surface area (Å²) in [6.07, 6.45) is 1.06. The molecule has 7 nitrogen and oxygen atoms in total. The Morgan fingerprint density at radius 2 is 2.00 bits per heavy atom. The first-order chi connectivity index (χ1) is 12.2. The second-order valence-corrected chi connectivity index (χ2v) is 12.6. The summed E-state index contributed by atoms with van der Waals surface area (Å²) >= 11 is 0. The van der Waals surface area contributed by atoms with Crippen molar-refractivity contribution in [2.75, 3.05) is 20.8 Å². The fraction of sp³-hybridized carbons (Fsp3) is 0.471. The average molecular weight is 381 g/mol. The Morgan fingerprint density at radius 3 is 2.62 bits per heavy atom. The van der Waals surface area contributed by atoms with Gasteiger partial charge in [0.25, 0.3) is 0 Å². The van der Waals surface area contributed by atoms with Crippen LogP contribution in [0.3, 0.4) is 0 Å². The van der Waals surface area contributed by atoms with Crippen molar-refractivity contribution in [3.05, 3.63) is 29.8 Å². The molecule has 2 aromatic rings. The number of rotatable bonds is 8. The number of hydrogen-bond donors (Lipinski definition) is 0. The monoisotopic (exact) mass is 381 g/mol. The maximum atomic E-state index is 14.3. The molecule has 0 aliphatic heterocycles. The number of methoxy groups -OCH3 is 2. The zero-order valence-electron chi connectivity index (χ0n) is 15.7. The molecule has 9 heteroatoms. The Balaban J connectivity index is 2.31. The molecular formula is C17H24FN3O4Si. The van der Waals surface area contributed by atoms with Crippen molar-refractivity contribution >= 4 is 14.0 Å². The fourth-order valence-electron chi connectivity index (χ4n) is 2.19. The number of ether oxygens (including phenoxy) is 3. The molecule has 0 aliphatic carbocycles. The standard InChI is InChI=1S/C17H24FN3O4Si/c1-23-16-8-12(13(18)10-19-16)15-9-14(17(22)24-2)20-21(15)11-25-6-7-26(3,4)5/h8-10H,6-7,11H2,1-5H3. The first-order valence-corrected chi connectivity index (χ1v) is 11.9. The highest BCUT2D eigenvalue weighted by molar-refractivity contribution is 6.76. The van der Waals surface area contributed by atoms with Crippen LogP contribution in [-0.2, 0) is 16.2 Å². The molecule has 2 heterocycles. The van der Waals surface area contributed by atoms with Gasteiger partial charge in [0.15, 0.2) is 11.5 Å². The van der Waals surface area contributed by atoms with Crippen molar-refractivity contribution in [3.63, 3.8) is 0 Å². The molecule has 0 bridgehead atoms. The van der Waals surface area contributed by atoms with Gasteiger partial charge in [0.2, 0.25) is 5.88 Å². The van der Waals surface area contributed by atoms with Crippen LogP contribution in [0.15, 0.2) is 18.3 Å². The molecule has 0 unspecified atom stereocenters. The quantitative estimate of drug-likeness (QED) is 0.397. The molecule has 0 atom stereocenters. The normalized spacial score (nSPS) is 11.5. The molecule has 0 saturated heterocycles. The van der Waals surface area contributed by atoms with E-state index in [2.05, 4.69) is 29.7 Å². The van der Waals surface area contributed by atoms with Crippen LogP contribution in [-0.4, -0.2) is 49.6 Å². The van der Waals surface area contributed by atoms with Crippen molar-refractivity contribution in [3.8, 4) is 17.1 Å². The topological polar surface area (TPSA) is 75.5 Å². The van der Waals surface area contributed by atoms with E-state index >= 15 is 0 Å². The van der Waals surface area contributed by atoms with Gasteiger partial charge in [-0.25, -0.2) is 18.9 Å². The number of aromatic nitrogens is 3. The van der Waals surface area contributed by atoms with Crippen LogP contribution in [0, 0.1) is 5.82 Å². The number of nitrogens with zero attached hydrogens (tertiary/aromatic N) is 3. The highest BCUT2D eigenvalue weighted by Gasteiger charge is 2.20. The smallest absolute Gasteiger partial charge is 0.358 e. The number of pyridine rings is 1. The molecular weight excluding hydrogens is 357 g/mol. The zero-order valence-corrected chi connectivity index (χ0v) is 16.7. The number of esters is 1. The van der Waals surface area contributed by atoms with E-state index in [-0.39, 0.29) is 23.9 Å². The van der Waals surface area contributed by atoms with Gasteiger partial charge in [-0.05, 0) is 12.1 Å². The second kappa shape index (κ2) is 8.41. The molecule has 0 spiro atoms. The molecule has 2 rings (SSSR count). The van der Waals surface area contributed by atoms with Gasteiger partial charge in [-0.15, -0.1) is 0 Å². The van der Waals surface area contributed by atoms with Crippen molar-refractivity contribution in [2.45, 2.75) is 32.4 Å². The van der Waals surface area contributed by atoms with Gasteiger partial charge in [-0.1, -0.05) is 19.6 Å². The van der Waals surface area contributed by atoms with Crippen LogP contribution in [0.25, 0.3) is 11.3 Å². The van der Waals surface area contributed by atoms with Crippen LogP contribution < -0.4 is 4.74 Å². The number of hydrogen-bond acceptors (Lipinski definition) is 6. The maximum Gasteiger partial charge on any atom is 0.358 e. The van der Waals surface area contributed by atoms with E-state index < -0.39 is 19.9 Å². The molecule has 0 N–H and O–H groups in total. The van der Waals surface area contributed by atoms with E-state index in [9.17, 15) is 9.18 Å². The molecule has 0 fully saturated rings. The SMILES string of the molecule is COC(=O)c1cc(-c2cc(OC)ncc2F)n(COCC[Si](C)(C)C)n1. The first-order valence-electron chi connectivity index (χ1n) is 8.19. The third kappa shape index (κ3) is 5.12. The summed E-state index contributed by atoms with van der Waals surface area (Å²) in [4.78, 5) is 15.6. The number of carbonyl (C=O) groups excluding carboxylic acids is 1. The lowest BCUT2D eigenvalue weighted by atomic mass is 10.1. The van der Waals surface area contributed by atoms with Crippen LogP contribution in [0.1, 0.15) is 10.5 Å². The van der Waals surface area contributed by atoms with Gasteiger partial charge < -0.3 is 14.2 Å². The molecule has 26 heavy (non-hydrogen) atoms. The van der Waals surface area contributed by atoms with Crippen LogP contribution in [0.2, 0.25) is 25.7 Å².